The van der Waals surface area contributed by atoms with E-state index >= 15 is 0 Å². The number of carbonyl (C=O) groups is 4. The van der Waals surface area contributed by atoms with Crippen molar-refractivity contribution in [3.05, 3.63) is 53.0 Å². The second-order valence-electron chi connectivity index (χ2n) is 6.18. The van der Waals surface area contributed by atoms with Crippen molar-refractivity contribution in [3.63, 3.8) is 0 Å². The highest BCUT2D eigenvalue weighted by atomic mass is 32.2. The number of allylic oxidation sites excluding steroid dienone is 2. The highest BCUT2D eigenvalue weighted by Gasteiger charge is 2.50. The topological polar surface area (TPSA) is 95.0 Å². The van der Waals surface area contributed by atoms with Crippen molar-refractivity contribution in [1.29, 1.82) is 0 Å². The third kappa shape index (κ3) is 3.76. The third-order valence-corrected chi connectivity index (χ3v) is 5.72. The number of nitrogens with zero attached hydrogens (tertiary/aromatic N) is 2. The molecular weight excluding hydrogens is 400 g/mol. The average molecular weight is 416 g/mol. The number of carbonyl (C=O) groups excluding carboxylic acids is 3. The van der Waals surface area contributed by atoms with Gasteiger partial charge in [-0.15, -0.1) is 0 Å². The maximum absolute atomic E-state index is 12.7. The molecular formula is C19H16N2O5S2. The molecule has 2 fully saturated rings. The Morgan fingerprint density at radius 3 is 2.61 bits per heavy atom. The Labute approximate surface area is 170 Å². The number of hydrogen-bond acceptors (Lipinski definition) is 6. The third-order valence-electron chi connectivity index (χ3n) is 4.37. The molecule has 0 aliphatic carbocycles. The van der Waals surface area contributed by atoms with Gasteiger partial charge in [-0.05, 0) is 18.6 Å². The van der Waals surface area contributed by atoms with E-state index in [1.54, 1.807) is 12.2 Å². The summed E-state index contributed by atoms with van der Waals surface area (Å²) in [6, 6.07) is 7.11. The van der Waals surface area contributed by atoms with Crippen LogP contribution in [0, 0.1) is 0 Å². The minimum Gasteiger partial charge on any atom is -0.480 e. The van der Waals surface area contributed by atoms with E-state index in [0.717, 1.165) is 22.2 Å². The first kappa shape index (κ1) is 20.0. The summed E-state index contributed by atoms with van der Waals surface area (Å²) in [7, 11) is 0. The quantitative estimate of drug-likeness (QED) is 0.446. The van der Waals surface area contributed by atoms with Gasteiger partial charge in [0.25, 0.3) is 11.8 Å². The molecule has 9 heteroatoms. The van der Waals surface area contributed by atoms with Crippen LogP contribution in [0.5, 0.6) is 0 Å². The molecule has 0 bridgehead atoms. The number of thiocarbonyl (C=S) groups is 1. The fourth-order valence-electron chi connectivity index (χ4n) is 2.93. The Bertz CT molecular complexity index is 926. The lowest BCUT2D eigenvalue weighted by molar-refractivity contribution is -0.154. The van der Waals surface area contributed by atoms with Crippen LogP contribution in [0.3, 0.4) is 0 Å². The van der Waals surface area contributed by atoms with Gasteiger partial charge in [-0.1, -0.05) is 66.5 Å². The zero-order valence-corrected chi connectivity index (χ0v) is 16.4. The van der Waals surface area contributed by atoms with E-state index in [4.69, 9.17) is 17.3 Å². The van der Waals surface area contributed by atoms with E-state index in [1.165, 1.54) is 6.92 Å². The number of imide groups is 1. The molecule has 0 aromatic heterocycles. The van der Waals surface area contributed by atoms with Crippen LogP contribution in [-0.2, 0) is 19.2 Å². The minimum atomic E-state index is -1.30. The number of likely N-dealkylation sites (tertiary alicyclic amines) is 1. The van der Waals surface area contributed by atoms with Crippen LogP contribution in [0.4, 0.5) is 0 Å². The van der Waals surface area contributed by atoms with Gasteiger partial charge in [0, 0.05) is 0 Å². The van der Waals surface area contributed by atoms with Gasteiger partial charge < -0.3 is 5.11 Å². The minimum absolute atomic E-state index is 0.167. The first-order chi connectivity index (χ1) is 13.3. The molecule has 2 saturated heterocycles. The number of aliphatic carboxylic acids is 1. The number of thioether (sulfide) groups is 1. The van der Waals surface area contributed by atoms with E-state index < -0.39 is 35.8 Å². The molecule has 1 aromatic carbocycles. The predicted molar refractivity (Wildman–Crippen MR) is 108 cm³/mol. The van der Waals surface area contributed by atoms with E-state index in [-0.39, 0.29) is 10.7 Å². The maximum atomic E-state index is 12.7. The Hall–Kier alpha value is -2.78. The van der Waals surface area contributed by atoms with E-state index in [1.807, 2.05) is 36.4 Å². The maximum Gasteiger partial charge on any atom is 0.326 e. The number of benzene rings is 1. The molecule has 0 radical (unpaired) electrons. The lowest BCUT2D eigenvalue weighted by atomic mass is 10.2. The van der Waals surface area contributed by atoms with Gasteiger partial charge in [0.15, 0.2) is 0 Å². The summed E-state index contributed by atoms with van der Waals surface area (Å²) in [4.78, 5) is 50.7. The first-order valence-electron chi connectivity index (χ1n) is 8.38. The van der Waals surface area contributed by atoms with Crippen molar-refractivity contribution in [1.82, 2.24) is 9.80 Å². The molecule has 7 nitrogen and oxygen atoms in total. The highest BCUT2D eigenvalue weighted by molar-refractivity contribution is 8.26. The average Bonchev–Trinajstić information content (AvgIpc) is 3.10. The lowest BCUT2D eigenvalue weighted by Gasteiger charge is -2.23. The number of carboxylic acids is 1. The van der Waals surface area contributed by atoms with Crippen LogP contribution in [0.15, 0.2) is 47.4 Å². The van der Waals surface area contributed by atoms with Gasteiger partial charge in [0.05, 0.1) is 11.3 Å². The fourth-order valence-corrected chi connectivity index (χ4v) is 4.24. The Morgan fingerprint density at radius 1 is 1.29 bits per heavy atom. The Morgan fingerprint density at radius 2 is 1.96 bits per heavy atom. The lowest BCUT2D eigenvalue weighted by Crippen LogP contribution is -2.48. The van der Waals surface area contributed by atoms with Gasteiger partial charge in [0.1, 0.15) is 16.4 Å². The van der Waals surface area contributed by atoms with Crippen molar-refractivity contribution in [3.8, 4) is 0 Å². The molecule has 1 aromatic rings. The second-order valence-corrected chi connectivity index (χ2v) is 7.86. The van der Waals surface area contributed by atoms with E-state index in [9.17, 15) is 19.2 Å². The van der Waals surface area contributed by atoms with Crippen LogP contribution in [0.2, 0.25) is 0 Å². The molecule has 3 amide bonds. The monoisotopic (exact) mass is 416 g/mol. The van der Waals surface area contributed by atoms with Crippen LogP contribution in [0.25, 0.3) is 6.08 Å². The SMILES string of the molecule is C[C@@H](C(=O)O)N1C(=O)C[C@@H](N2C(=O)/C(=C/C=C/c3ccccc3)SC2=S)C1=O. The standard InChI is InChI=1S/C19H16N2O5S2/c1-11(18(25)26)20-15(22)10-13(16(20)23)21-17(24)14(28-19(21)27)9-5-8-12-6-3-2-4-7-12/h2-9,11,13H,10H2,1H3,(H,25,26)/b8-5+,14-9-/t11-,13+/m0/s1. The van der Waals surface area contributed by atoms with Gasteiger partial charge in [-0.25, -0.2) is 4.79 Å². The van der Waals surface area contributed by atoms with E-state index in [0.29, 0.717) is 9.81 Å². The normalized spacial score (nSPS) is 22.8. The Kier molecular flexibility index (Phi) is 5.76. The van der Waals surface area contributed by atoms with Crippen LogP contribution in [-0.4, -0.2) is 55.0 Å². The first-order valence-corrected chi connectivity index (χ1v) is 9.61. The largest absolute Gasteiger partial charge is 0.480 e. The van der Waals surface area contributed by atoms with Crippen LogP contribution < -0.4 is 0 Å². The van der Waals surface area contributed by atoms with Gasteiger partial charge in [-0.3, -0.25) is 24.2 Å². The highest BCUT2D eigenvalue weighted by Crippen LogP contribution is 2.35. The molecule has 1 N–H and O–H groups in total. The van der Waals surface area contributed by atoms with Crippen molar-refractivity contribution in [2.24, 2.45) is 0 Å². The number of hydrogen-bond donors (Lipinski definition) is 1. The summed E-state index contributed by atoms with van der Waals surface area (Å²) >= 11 is 6.27. The molecule has 28 heavy (non-hydrogen) atoms. The molecule has 2 aliphatic rings. The molecule has 3 rings (SSSR count). The molecule has 2 atom stereocenters. The van der Waals surface area contributed by atoms with Crippen molar-refractivity contribution < 1.29 is 24.3 Å². The molecule has 144 valence electrons. The summed E-state index contributed by atoms with van der Waals surface area (Å²) < 4.78 is 0.167. The second kappa shape index (κ2) is 8.07. The summed E-state index contributed by atoms with van der Waals surface area (Å²) in [5.74, 6) is -3.12. The molecule has 0 spiro atoms. The van der Waals surface area contributed by atoms with Gasteiger partial charge >= 0.3 is 5.97 Å². The molecule has 2 aliphatic heterocycles. The van der Waals surface area contributed by atoms with Gasteiger partial charge in [0.2, 0.25) is 5.91 Å². The number of carboxylic acid groups (broad SMARTS) is 1. The number of rotatable bonds is 5. The Balaban J connectivity index is 1.78. The fraction of sp³-hybridized carbons (Fsp3) is 0.211. The summed E-state index contributed by atoms with van der Waals surface area (Å²) in [5.41, 5.74) is 0.962. The zero-order valence-electron chi connectivity index (χ0n) is 14.8. The molecule has 2 heterocycles. The number of amides is 3. The predicted octanol–water partition coefficient (Wildman–Crippen LogP) is 2.04. The van der Waals surface area contributed by atoms with Crippen molar-refractivity contribution in [2.45, 2.75) is 25.4 Å². The van der Waals surface area contributed by atoms with Crippen molar-refractivity contribution in [2.75, 3.05) is 0 Å². The van der Waals surface area contributed by atoms with Gasteiger partial charge in [-0.2, -0.15) is 0 Å². The summed E-state index contributed by atoms with van der Waals surface area (Å²) in [6.07, 6.45) is 4.86. The zero-order chi connectivity index (χ0) is 20.4. The van der Waals surface area contributed by atoms with E-state index in [2.05, 4.69) is 0 Å². The molecule has 0 saturated carbocycles. The smallest absolute Gasteiger partial charge is 0.326 e. The van der Waals surface area contributed by atoms with Crippen molar-refractivity contribution >= 4 is 58.1 Å². The summed E-state index contributed by atoms with van der Waals surface area (Å²) in [5, 5.41) is 9.09. The van der Waals surface area contributed by atoms with Crippen LogP contribution >= 0.6 is 24.0 Å². The molecule has 0 unspecified atom stereocenters. The summed E-state index contributed by atoms with van der Waals surface area (Å²) in [6.45, 7) is 1.25. The van der Waals surface area contributed by atoms with Crippen LogP contribution in [0.1, 0.15) is 18.9 Å².